The zero-order chi connectivity index (χ0) is 20.6. The fraction of sp³-hybridized carbons (Fsp3) is 0.450. The molecule has 0 saturated heterocycles. The molecule has 0 aliphatic rings. The Bertz CT molecular complexity index is 754. The van der Waals surface area contributed by atoms with Gasteiger partial charge in [-0.2, -0.15) is 13.2 Å². The summed E-state index contributed by atoms with van der Waals surface area (Å²) in [5, 5.41) is 3.28. The van der Waals surface area contributed by atoms with Crippen molar-refractivity contribution in [1.29, 1.82) is 0 Å². The molecule has 8 heteroatoms. The van der Waals surface area contributed by atoms with E-state index in [1.54, 1.807) is 12.1 Å². The minimum Gasteiger partial charge on any atom is -0.367 e. The molecule has 0 unspecified atom stereocenters. The smallest absolute Gasteiger partial charge is 0.367 e. The molecule has 0 atom stereocenters. The second-order valence-corrected chi connectivity index (χ2v) is 6.56. The largest absolute Gasteiger partial charge is 0.411 e. The first-order chi connectivity index (χ1) is 13.3. The molecular formula is C20H27F3N4O. The highest BCUT2D eigenvalue weighted by Gasteiger charge is 2.27. The van der Waals surface area contributed by atoms with E-state index < -0.39 is 12.8 Å². The average Bonchev–Trinajstić information content (AvgIpc) is 3.03. The summed E-state index contributed by atoms with van der Waals surface area (Å²) < 4.78 is 43.1. The molecule has 5 nitrogen and oxygen atoms in total. The fourth-order valence-electron chi connectivity index (χ4n) is 2.64. The molecule has 0 fully saturated rings. The summed E-state index contributed by atoms with van der Waals surface area (Å²) in [5.41, 5.74) is 2.85. The van der Waals surface area contributed by atoms with E-state index in [9.17, 15) is 13.2 Å². The summed E-state index contributed by atoms with van der Waals surface area (Å²) in [6.07, 6.45) is -2.30. The van der Waals surface area contributed by atoms with Crippen LogP contribution in [0.5, 0.6) is 0 Å². The van der Waals surface area contributed by atoms with Gasteiger partial charge in [-0.05, 0) is 30.2 Å². The van der Waals surface area contributed by atoms with Gasteiger partial charge in [-0.3, -0.25) is 0 Å². The van der Waals surface area contributed by atoms with Gasteiger partial charge in [-0.15, -0.1) is 0 Å². The predicted molar refractivity (Wildman–Crippen MR) is 104 cm³/mol. The third-order valence-electron chi connectivity index (χ3n) is 4.12. The number of rotatable bonds is 8. The number of nitrogens with one attached hydrogen (secondary N) is 1. The predicted octanol–water partition coefficient (Wildman–Crippen LogP) is 3.70. The average molecular weight is 396 g/mol. The Labute approximate surface area is 163 Å². The number of aryl methyl sites for hydroxylation is 1. The van der Waals surface area contributed by atoms with Gasteiger partial charge in [-0.1, -0.05) is 24.3 Å². The van der Waals surface area contributed by atoms with Crippen LogP contribution in [0.1, 0.15) is 23.7 Å². The molecule has 0 spiro atoms. The number of aliphatic imine (C=N–C) groups is 1. The van der Waals surface area contributed by atoms with Crippen LogP contribution in [0.4, 0.5) is 13.2 Å². The van der Waals surface area contributed by atoms with Gasteiger partial charge in [0, 0.05) is 32.5 Å². The first-order valence-electron chi connectivity index (χ1n) is 9.10. The van der Waals surface area contributed by atoms with E-state index in [1.165, 1.54) is 5.69 Å². The monoisotopic (exact) mass is 396 g/mol. The number of ether oxygens (including phenoxy) is 1. The number of benzene rings is 1. The lowest BCUT2D eigenvalue weighted by Crippen LogP contribution is -2.38. The second-order valence-electron chi connectivity index (χ2n) is 6.56. The quantitative estimate of drug-likeness (QED) is 0.547. The highest BCUT2D eigenvalue weighted by Crippen LogP contribution is 2.16. The van der Waals surface area contributed by atoms with Gasteiger partial charge >= 0.3 is 6.18 Å². The van der Waals surface area contributed by atoms with Crippen molar-refractivity contribution in [1.82, 2.24) is 14.8 Å². The Balaban J connectivity index is 1.93. The number of guanidine groups is 1. The van der Waals surface area contributed by atoms with E-state index >= 15 is 0 Å². The molecule has 2 aromatic rings. The first-order valence-corrected chi connectivity index (χ1v) is 9.10. The maximum Gasteiger partial charge on any atom is 0.411 e. The molecule has 1 N–H and O–H groups in total. The van der Waals surface area contributed by atoms with Crippen LogP contribution in [0.2, 0.25) is 0 Å². The third kappa shape index (κ3) is 7.26. The van der Waals surface area contributed by atoms with Gasteiger partial charge in [0.15, 0.2) is 5.96 Å². The molecule has 0 radical (unpaired) electrons. The maximum absolute atomic E-state index is 12.1. The summed E-state index contributed by atoms with van der Waals surface area (Å²) in [4.78, 5) is 6.71. The number of aromatic nitrogens is 1. The van der Waals surface area contributed by atoms with Crippen molar-refractivity contribution in [2.24, 2.45) is 12.0 Å². The minimum absolute atomic E-state index is 0.0644. The fourth-order valence-corrected chi connectivity index (χ4v) is 2.64. The van der Waals surface area contributed by atoms with Crippen molar-refractivity contribution in [3.8, 4) is 0 Å². The van der Waals surface area contributed by atoms with Crippen molar-refractivity contribution in [3.63, 3.8) is 0 Å². The lowest BCUT2D eigenvalue weighted by molar-refractivity contribution is -0.176. The van der Waals surface area contributed by atoms with Gasteiger partial charge in [-0.25, -0.2) is 4.99 Å². The topological polar surface area (TPSA) is 41.8 Å². The molecule has 0 aliphatic carbocycles. The standard InChI is InChI=1S/C20H27F3N4O/c1-4-24-19(27(3)13-18-6-5-11-26(18)2)25-12-16-7-9-17(10-8-16)14-28-15-20(21,22)23/h5-11H,4,12-15H2,1-3H3,(H,24,25). The van der Waals surface area contributed by atoms with Crippen LogP contribution in [0.15, 0.2) is 47.6 Å². The highest BCUT2D eigenvalue weighted by molar-refractivity contribution is 5.79. The molecule has 1 heterocycles. The summed E-state index contributed by atoms with van der Waals surface area (Å²) in [6.45, 7) is 2.67. The Morgan fingerprint density at radius 2 is 1.86 bits per heavy atom. The van der Waals surface area contributed by atoms with Crippen molar-refractivity contribution in [2.45, 2.75) is 32.8 Å². The van der Waals surface area contributed by atoms with Crippen LogP contribution in [-0.4, -0.2) is 41.8 Å². The normalized spacial score (nSPS) is 12.3. The van der Waals surface area contributed by atoms with E-state index in [4.69, 9.17) is 0 Å². The summed E-state index contributed by atoms with van der Waals surface area (Å²) >= 11 is 0. The molecule has 1 aromatic heterocycles. The lowest BCUT2D eigenvalue weighted by Gasteiger charge is -2.22. The zero-order valence-electron chi connectivity index (χ0n) is 16.5. The van der Waals surface area contributed by atoms with E-state index in [0.717, 1.165) is 24.6 Å². The molecule has 2 rings (SSSR count). The number of hydrogen-bond acceptors (Lipinski definition) is 2. The minimum atomic E-state index is -4.30. The second kappa shape index (κ2) is 10.2. The summed E-state index contributed by atoms with van der Waals surface area (Å²) in [6, 6.07) is 11.3. The Kier molecular flexibility index (Phi) is 7.92. The summed E-state index contributed by atoms with van der Waals surface area (Å²) in [5.74, 6) is 0.793. The van der Waals surface area contributed by atoms with Gasteiger partial charge in [0.2, 0.25) is 0 Å². The van der Waals surface area contributed by atoms with Crippen LogP contribution in [0.25, 0.3) is 0 Å². The maximum atomic E-state index is 12.1. The van der Waals surface area contributed by atoms with Crippen LogP contribution in [-0.2, 0) is 31.5 Å². The van der Waals surface area contributed by atoms with E-state index in [2.05, 4.69) is 30.6 Å². The van der Waals surface area contributed by atoms with E-state index in [0.29, 0.717) is 12.1 Å². The number of hydrogen-bond donors (Lipinski definition) is 1. The molecule has 0 bridgehead atoms. The molecule has 0 saturated carbocycles. The molecule has 0 aliphatic heterocycles. The van der Waals surface area contributed by atoms with Crippen LogP contribution in [0, 0.1) is 0 Å². The first kappa shape index (κ1) is 21.8. The van der Waals surface area contributed by atoms with E-state index in [1.807, 2.05) is 45.4 Å². The van der Waals surface area contributed by atoms with Gasteiger partial charge in [0.05, 0.1) is 19.7 Å². The van der Waals surface area contributed by atoms with E-state index in [-0.39, 0.29) is 6.61 Å². The van der Waals surface area contributed by atoms with Crippen LogP contribution < -0.4 is 5.32 Å². The van der Waals surface area contributed by atoms with Gasteiger partial charge < -0.3 is 19.5 Å². The van der Waals surface area contributed by atoms with Crippen molar-refractivity contribution < 1.29 is 17.9 Å². The highest BCUT2D eigenvalue weighted by atomic mass is 19.4. The SMILES string of the molecule is CCNC(=NCc1ccc(COCC(F)(F)F)cc1)N(C)Cc1cccn1C. The number of alkyl halides is 3. The summed E-state index contributed by atoms with van der Waals surface area (Å²) in [7, 11) is 3.99. The van der Waals surface area contributed by atoms with Crippen molar-refractivity contribution in [3.05, 3.63) is 59.4 Å². The molecule has 1 aromatic carbocycles. The van der Waals surface area contributed by atoms with Gasteiger partial charge in [0.1, 0.15) is 6.61 Å². The lowest BCUT2D eigenvalue weighted by atomic mass is 10.1. The molecule has 0 amide bonds. The molecular weight excluding hydrogens is 369 g/mol. The Morgan fingerprint density at radius 1 is 1.18 bits per heavy atom. The van der Waals surface area contributed by atoms with Crippen LogP contribution >= 0.6 is 0 Å². The number of halogens is 3. The van der Waals surface area contributed by atoms with Crippen molar-refractivity contribution in [2.75, 3.05) is 20.2 Å². The third-order valence-corrected chi connectivity index (χ3v) is 4.12. The van der Waals surface area contributed by atoms with Crippen molar-refractivity contribution >= 4 is 5.96 Å². The zero-order valence-corrected chi connectivity index (χ0v) is 16.5. The number of nitrogens with zero attached hydrogens (tertiary/aromatic N) is 3. The Hall–Kier alpha value is -2.48. The Morgan fingerprint density at radius 3 is 2.43 bits per heavy atom. The van der Waals surface area contributed by atoms with Crippen LogP contribution in [0.3, 0.4) is 0 Å². The molecule has 154 valence electrons. The van der Waals surface area contributed by atoms with Gasteiger partial charge in [0.25, 0.3) is 0 Å². The molecule has 28 heavy (non-hydrogen) atoms.